The van der Waals surface area contributed by atoms with Crippen LogP contribution in [0, 0.1) is 0 Å². The zero-order chi connectivity index (χ0) is 13.1. The molecule has 1 atom stereocenters. The molecule has 1 fully saturated rings. The minimum Gasteiger partial charge on any atom is -0.374 e. The van der Waals surface area contributed by atoms with E-state index >= 15 is 0 Å². The van der Waals surface area contributed by atoms with E-state index in [1.165, 1.54) is 16.3 Å². The molecule has 1 aliphatic rings. The summed E-state index contributed by atoms with van der Waals surface area (Å²) < 4.78 is 5.60. The van der Waals surface area contributed by atoms with Gasteiger partial charge in [0.1, 0.15) is 0 Å². The number of hydrogen-bond acceptors (Lipinski definition) is 4. The Morgan fingerprint density at radius 2 is 2.21 bits per heavy atom. The Labute approximate surface area is 113 Å². The van der Waals surface area contributed by atoms with Gasteiger partial charge in [-0.15, -0.1) is 0 Å². The van der Waals surface area contributed by atoms with Gasteiger partial charge in [0, 0.05) is 44.0 Å². The van der Waals surface area contributed by atoms with Crippen LogP contribution in [0.2, 0.25) is 0 Å². The second kappa shape index (κ2) is 5.65. The van der Waals surface area contributed by atoms with Crippen LogP contribution in [-0.4, -0.2) is 42.2 Å². The smallest absolute Gasteiger partial charge is 0.0824 e. The van der Waals surface area contributed by atoms with Crippen LogP contribution in [0.5, 0.6) is 0 Å². The largest absolute Gasteiger partial charge is 0.374 e. The molecule has 0 saturated carbocycles. The number of aromatic nitrogens is 1. The number of rotatable bonds is 3. The third kappa shape index (κ3) is 2.76. The molecule has 0 bridgehead atoms. The number of hydrogen-bond donors (Lipinski definition) is 1. The molecule has 0 aliphatic carbocycles. The molecule has 0 spiro atoms. The first-order chi connectivity index (χ1) is 9.36. The first-order valence-corrected chi connectivity index (χ1v) is 6.72. The molecular weight excluding hydrogens is 238 g/mol. The van der Waals surface area contributed by atoms with Gasteiger partial charge in [0.05, 0.1) is 12.7 Å². The summed E-state index contributed by atoms with van der Waals surface area (Å²) in [6, 6.07) is 8.39. The summed E-state index contributed by atoms with van der Waals surface area (Å²) in [5.74, 6) is 0. The van der Waals surface area contributed by atoms with Crippen LogP contribution in [0.25, 0.3) is 10.8 Å². The molecule has 2 aromatic rings. The molecule has 4 nitrogen and oxygen atoms in total. The summed E-state index contributed by atoms with van der Waals surface area (Å²) >= 11 is 0. The number of benzene rings is 1. The monoisotopic (exact) mass is 257 g/mol. The number of pyridine rings is 1. The minimum absolute atomic E-state index is 0.164. The van der Waals surface area contributed by atoms with Crippen molar-refractivity contribution >= 4 is 10.8 Å². The molecular formula is C15H19N3O. The maximum absolute atomic E-state index is 5.69. The quantitative estimate of drug-likeness (QED) is 0.903. The standard InChI is InChI=1S/C15H19N3O/c16-7-14-11-18(5-6-19-14)10-13-9-17-8-12-3-1-2-4-15(12)13/h1-4,8-9,14H,5-7,10-11,16H2. The lowest BCUT2D eigenvalue weighted by Gasteiger charge is -2.32. The summed E-state index contributed by atoms with van der Waals surface area (Å²) in [5.41, 5.74) is 6.96. The van der Waals surface area contributed by atoms with Gasteiger partial charge in [-0.2, -0.15) is 0 Å². The van der Waals surface area contributed by atoms with E-state index in [1.807, 2.05) is 18.5 Å². The zero-order valence-corrected chi connectivity index (χ0v) is 11.0. The maximum Gasteiger partial charge on any atom is 0.0824 e. The lowest BCUT2D eigenvalue weighted by atomic mass is 10.1. The Bertz CT molecular complexity index is 553. The van der Waals surface area contributed by atoms with Crippen molar-refractivity contribution in [2.45, 2.75) is 12.6 Å². The summed E-state index contributed by atoms with van der Waals surface area (Å²) in [5, 5.41) is 2.48. The van der Waals surface area contributed by atoms with E-state index in [0.29, 0.717) is 6.54 Å². The Kier molecular flexibility index (Phi) is 3.73. The van der Waals surface area contributed by atoms with Crippen LogP contribution in [0.4, 0.5) is 0 Å². The summed E-state index contributed by atoms with van der Waals surface area (Å²) in [6.07, 6.45) is 4.05. The fourth-order valence-corrected chi connectivity index (χ4v) is 2.61. The van der Waals surface area contributed by atoms with Crippen LogP contribution in [-0.2, 0) is 11.3 Å². The summed E-state index contributed by atoms with van der Waals surface area (Å²) in [6.45, 7) is 4.12. The lowest BCUT2D eigenvalue weighted by molar-refractivity contribution is -0.0259. The van der Waals surface area contributed by atoms with Crippen molar-refractivity contribution < 1.29 is 4.74 Å². The van der Waals surface area contributed by atoms with E-state index in [9.17, 15) is 0 Å². The van der Waals surface area contributed by atoms with E-state index in [1.54, 1.807) is 0 Å². The number of nitrogens with two attached hydrogens (primary N) is 1. The van der Waals surface area contributed by atoms with Gasteiger partial charge in [-0.25, -0.2) is 0 Å². The van der Waals surface area contributed by atoms with E-state index in [4.69, 9.17) is 10.5 Å². The third-order valence-corrected chi connectivity index (χ3v) is 3.63. The van der Waals surface area contributed by atoms with Gasteiger partial charge < -0.3 is 10.5 Å². The van der Waals surface area contributed by atoms with Crippen LogP contribution >= 0.6 is 0 Å². The molecule has 19 heavy (non-hydrogen) atoms. The first kappa shape index (κ1) is 12.5. The molecule has 0 amide bonds. The van der Waals surface area contributed by atoms with Gasteiger partial charge >= 0.3 is 0 Å². The van der Waals surface area contributed by atoms with Gasteiger partial charge in [-0.05, 0) is 10.9 Å². The van der Waals surface area contributed by atoms with Crippen molar-refractivity contribution in [2.24, 2.45) is 5.73 Å². The highest BCUT2D eigenvalue weighted by molar-refractivity contribution is 5.84. The average molecular weight is 257 g/mol. The molecule has 100 valence electrons. The van der Waals surface area contributed by atoms with E-state index < -0.39 is 0 Å². The maximum atomic E-state index is 5.69. The number of nitrogens with zero attached hydrogens (tertiary/aromatic N) is 2. The minimum atomic E-state index is 0.164. The van der Waals surface area contributed by atoms with Gasteiger partial charge in [0.2, 0.25) is 0 Å². The van der Waals surface area contributed by atoms with Gasteiger partial charge in [-0.3, -0.25) is 9.88 Å². The molecule has 3 rings (SSSR count). The second-order valence-electron chi connectivity index (χ2n) is 4.98. The highest BCUT2D eigenvalue weighted by Crippen LogP contribution is 2.19. The highest BCUT2D eigenvalue weighted by Gasteiger charge is 2.19. The van der Waals surface area contributed by atoms with Crippen molar-refractivity contribution in [3.05, 3.63) is 42.2 Å². The Morgan fingerprint density at radius 3 is 3.11 bits per heavy atom. The van der Waals surface area contributed by atoms with E-state index in [2.05, 4.69) is 28.1 Å². The molecule has 0 radical (unpaired) electrons. The van der Waals surface area contributed by atoms with Crippen molar-refractivity contribution in [1.29, 1.82) is 0 Å². The van der Waals surface area contributed by atoms with Gasteiger partial charge in [-0.1, -0.05) is 24.3 Å². The average Bonchev–Trinajstić information content (AvgIpc) is 2.48. The highest BCUT2D eigenvalue weighted by atomic mass is 16.5. The second-order valence-corrected chi connectivity index (χ2v) is 4.98. The molecule has 1 aromatic carbocycles. The first-order valence-electron chi connectivity index (χ1n) is 6.72. The lowest BCUT2D eigenvalue weighted by Crippen LogP contribution is -2.45. The topological polar surface area (TPSA) is 51.4 Å². The number of morpholine rings is 1. The van der Waals surface area contributed by atoms with Crippen molar-refractivity contribution in [1.82, 2.24) is 9.88 Å². The summed E-state index contributed by atoms with van der Waals surface area (Å²) in [7, 11) is 0. The predicted molar refractivity (Wildman–Crippen MR) is 75.8 cm³/mol. The van der Waals surface area contributed by atoms with Gasteiger partial charge in [0.25, 0.3) is 0 Å². The number of fused-ring (bicyclic) bond motifs is 1. The Hall–Kier alpha value is -1.49. The fourth-order valence-electron chi connectivity index (χ4n) is 2.61. The normalized spacial score (nSPS) is 20.8. The van der Waals surface area contributed by atoms with Crippen molar-refractivity contribution in [3.63, 3.8) is 0 Å². The van der Waals surface area contributed by atoms with E-state index in [0.717, 1.165) is 26.2 Å². The number of ether oxygens (including phenoxy) is 1. The van der Waals surface area contributed by atoms with Crippen molar-refractivity contribution in [2.75, 3.05) is 26.2 Å². The van der Waals surface area contributed by atoms with Crippen molar-refractivity contribution in [3.8, 4) is 0 Å². The molecule has 1 aliphatic heterocycles. The molecule has 1 saturated heterocycles. The Morgan fingerprint density at radius 1 is 1.32 bits per heavy atom. The third-order valence-electron chi connectivity index (χ3n) is 3.63. The molecule has 2 N–H and O–H groups in total. The predicted octanol–water partition coefficient (Wildman–Crippen LogP) is 1.39. The zero-order valence-electron chi connectivity index (χ0n) is 11.0. The van der Waals surface area contributed by atoms with Gasteiger partial charge in [0.15, 0.2) is 0 Å². The Balaban J connectivity index is 1.81. The van der Waals surface area contributed by atoms with Crippen LogP contribution in [0.3, 0.4) is 0 Å². The van der Waals surface area contributed by atoms with Crippen LogP contribution < -0.4 is 5.73 Å². The molecule has 1 aromatic heterocycles. The SMILES string of the molecule is NCC1CN(Cc2cncc3ccccc23)CCO1. The summed E-state index contributed by atoms with van der Waals surface area (Å²) in [4.78, 5) is 6.73. The van der Waals surface area contributed by atoms with Crippen LogP contribution in [0.15, 0.2) is 36.7 Å². The van der Waals surface area contributed by atoms with E-state index in [-0.39, 0.29) is 6.10 Å². The molecule has 4 heteroatoms. The van der Waals surface area contributed by atoms with Crippen LogP contribution in [0.1, 0.15) is 5.56 Å². The molecule has 1 unspecified atom stereocenters. The fraction of sp³-hybridized carbons (Fsp3) is 0.400. The molecule has 2 heterocycles.